The molecular weight excluding hydrogens is 390 g/mol. The Balaban J connectivity index is 0.00000280. The number of nitrogens with zero attached hydrogens (tertiary/aromatic N) is 1. The topological polar surface area (TPSA) is 73.5 Å². The van der Waals surface area contributed by atoms with Gasteiger partial charge in [0.05, 0.1) is 12.6 Å². The predicted molar refractivity (Wildman–Crippen MR) is 105 cm³/mol. The second-order valence-corrected chi connectivity index (χ2v) is 7.34. The van der Waals surface area contributed by atoms with Gasteiger partial charge in [-0.1, -0.05) is 0 Å². The summed E-state index contributed by atoms with van der Waals surface area (Å²) in [5.41, 5.74) is 0.113. The second-order valence-electron chi connectivity index (χ2n) is 7.34. The molecule has 2 fully saturated rings. The number of rotatable bonds is 6. The van der Waals surface area contributed by atoms with E-state index in [4.69, 9.17) is 0 Å². The van der Waals surface area contributed by atoms with Crippen LogP contribution in [0.15, 0.2) is 18.2 Å². The molecule has 0 aliphatic carbocycles. The van der Waals surface area contributed by atoms with Crippen LogP contribution in [0.4, 0.5) is 14.5 Å². The summed E-state index contributed by atoms with van der Waals surface area (Å²) in [5, 5.41) is 8.72. The average Bonchev–Trinajstić information content (AvgIpc) is 3.13. The van der Waals surface area contributed by atoms with Crippen molar-refractivity contribution in [2.75, 3.05) is 38.0 Å². The summed E-state index contributed by atoms with van der Waals surface area (Å²) in [6, 6.07) is 2.86. The molecule has 2 saturated heterocycles. The molecule has 2 heterocycles. The standard InChI is InChI=1S/C19H26F2N4O2.ClH/c20-14-7-15(21)9-16(8-14)24-18(26)12-25-6-2-3-13(11-25)10-23-19(27)17-4-1-5-22-17;/h7-9,13,17,22H,1-6,10-12H2,(H,23,27)(H,24,26);1H. The van der Waals surface area contributed by atoms with E-state index in [1.165, 1.54) is 0 Å². The molecule has 0 spiro atoms. The van der Waals surface area contributed by atoms with Crippen LogP contribution in [-0.2, 0) is 9.59 Å². The molecule has 2 aliphatic heterocycles. The first kappa shape index (κ1) is 22.5. The minimum absolute atomic E-state index is 0. The molecule has 0 saturated carbocycles. The molecule has 6 nitrogen and oxygen atoms in total. The van der Waals surface area contributed by atoms with Crippen LogP contribution < -0.4 is 16.0 Å². The normalized spacial score (nSPS) is 22.4. The van der Waals surface area contributed by atoms with Gasteiger partial charge in [-0.2, -0.15) is 0 Å². The van der Waals surface area contributed by atoms with Crippen molar-refractivity contribution in [2.24, 2.45) is 5.92 Å². The molecule has 2 aliphatic rings. The first-order valence-electron chi connectivity index (χ1n) is 9.49. The maximum atomic E-state index is 13.2. The monoisotopic (exact) mass is 416 g/mol. The van der Waals surface area contributed by atoms with Gasteiger partial charge in [0.15, 0.2) is 0 Å². The lowest BCUT2D eigenvalue weighted by Gasteiger charge is -2.32. The van der Waals surface area contributed by atoms with Gasteiger partial charge in [-0.3, -0.25) is 14.5 Å². The molecule has 2 unspecified atom stereocenters. The summed E-state index contributed by atoms with van der Waals surface area (Å²) in [6.07, 6.45) is 3.86. The van der Waals surface area contributed by atoms with Crippen LogP contribution in [0.1, 0.15) is 25.7 Å². The van der Waals surface area contributed by atoms with Gasteiger partial charge in [-0.25, -0.2) is 8.78 Å². The number of nitrogens with one attached hydrogen (secondary N) is 3. The molecule has 0 radical (unpaired) electrons. The maximum Gasteiger partial charge on any atom is 0.238 e. The van der Waals surface area contributed by atoms with Crippen molar-refractivity contribution in [1.29, 1.82) is 0 Å². The number of hydrogen-bond acceptors (Lipinski definition) is 4. The zero-order chi connectivity index (χ0) is 19.2. The van der Waals surface area contributed by atoms with Crippen LogP contribution in [-0.4, -0.2) is 55.5 Å². The molecule has 0 bridgehead atoms. The summed E-state index contributed by atoms with van der Waals surface area (Å²) in [5.74, 6) is -1.41. The van der Waals surface area contributed by atoms with Crippen molar-refractivity contribution >= 4 is 29.9 Å². The highest BCUT2D eigenvalue weighted by Gasteiger charge is 2.25. The fourth-order valence-electron chi connectivity index (χ4n) is 3.77. The second kappa shape index (κ2) is 10.7. The van der Waals surface area contributed by atoms with E-state index < -0.39 is 11.6 Å². The fraction of sp³-hybridized carbons (Fsp3) is 0.579. The summed E-state index contributed by atoms with van der Waals surface area (Å²) in [7, 11) is 0. The quantitative estimate of drug-likeness (QED) is 0.662. The lowest BCUT2D eigenvalue weighted by Crippen LogP contribution is -2.46. The highest BCUT2D eigenvalue weighted by atomic mass is 35.5. The number of amides is 2. The van der Waals surface area contributed by atoms with Crippen LogP contribution in [0.25, 0.3) is 0 Å². The largest absolute Gasteiger partial charge is 0.354 e. The Morgan fingerprint density at radius 3 is 2.57 bits per heavy atom. The SMILES string of the molecule is Cl.O=C(CN1CCCC(CNC(=O)C2CCCN2)C1)Nc1cc(F)cc(F)c1. The highest BCUT2D eigenvalue weighted by Crippen LogP contribution is 2.17. The third-order valence-electron chi connectivity index (χ3n) is 5.06. The average molecular weight is 417 g/mol. The van der Waals surface area contributed by atoms with Crippen molar-refractivity contribution < 1.29 is 18.4 Å². The first-order chi connectivity index (χ1) is 13.0. The Morgan fingerprint density at radius 2 is 1.89 bits per heavy atom. The van der Waals surface area contributed by atoms with E-state index in [1.54, 1.807) is 0 Å². The zero-order valence-electron chi connectivity index (χ0n) is 15.7. The number of likely N-dealkylation sites (tertiary alicyclic amines) is 1. The third kappa shape index (κ3) is 6.68. The number of halogens is 3. The summed E-state index contributed by atoms with van der Waals surface area (Å²) < 4.78 is 26.4. The number of carbonyl (C=O) groups excluding carboxylic acids is 2. The van der Waals surface area contributed by atoms with Crippen molar-refractivity contribution in [3.8, 4) is 0 Å². The Labute approximate surface area is 169 Å². The van der Waals surface area contributed by atoms with Crippen LogP contribution >= 0.6 is 12.4 Å². The van der Waals surface area contributed by atoms with Gasteiger partial charge in [0.1, 0.15) is 11.6 Å². The van der Waals surface area contributed by atoms with E-state index in [9.17, 15) is 18.4 Å². The van der Waals surface area contributed by atoms with E-state index >= 15 is 0 Å². The molecule has 3 N–H and O–H groups in total. The Kier molecular flexibility index (Phi) is 8.59. The number of hydrogen-bond donors (Lipinski definition) is 3. The van der Waals surface area contributed by atoms with Gasteiger partial charge in [0.2, 0.25) is 11.8 Å². The van der Waals surface area contributed by atoms with E-state index in [-0.39, 0.29) is 42.5 Å². The molecule has 2 amide bonds. The van der Waals surface area contributed by atoms with Gasteiger partial charge in [0.25, 0.3) is 0 Å². The molecule has 3 rings (SSSR count). The van der Waals surface area contributed by atoms with E-state index in [2.05, 4.69) is 16.0 Å². The van der Waals surface area contributed by atoms with Gasteiger partial charge in [0, 0.05) is 24.8 Å². The lowest BCUT2D eigenvalue weighted by atomic mass is 9.98. The first-order valence-corrected chi connectivity index (χ1v) is 9.49. The number of benzene rings is 1. The van der Waals surface area contributed by atoms with Gasteiger partial charge in [-0.15, -0.1) is 12.4 Å². The minimum atomic E-state index is -0.726. The zero-order valence-corrected chi connectivity index (χ0v) is 16.5. The van der Waals surface area contributed by atoms with Crippen molar-refractivity contribution in [1.82, 2.24) is 15.5 Å². The third-order valence-corrected chi connectivity index (χ3v) is 5.06. The summed E-state index contributed by atoms with van der Waals surface area (Å²) >= 11 is 0. The van der Waals surface area contributed by atoms with Crippen LogP contribution in [0.2, 0.25) is 0 Å². The van der Waals surface area contributed by atoms with Gasteiger partial charge >= 0.3 is 0 Å². The number of piperidine rings is 1. The Hall–Kier alpha value is -1.77. The fourth-order valence-corrected chi connectivity index (χ4v) is 3.77. The van der Waals surface area contributed by atoms with E-state index in [1.807, 2.05) is 4.90 Å². The molecule has 28 heavy (non-hydrogen) atoms. The molecule has 2 atom stereocenters. The van der Waals surface area contributed by atoms with Crippen LogP contribution in [0.3, 0.4) is 0 Å². The Bertz CT molecular complexity index is 666. The van der Waals surface area contributed by atoms with Gasteiger partial charge in [-0.05, 0) is 56.8 Å². The molecule has 0 aromatic heterocycles. The Morgan fingerprint density at radius 1 is 1.14 bits per heavy atom. The van der Waals surface area contributed by atoms with Gasteiger partial charge < -0.3 is 16.0 Å². The van der Waals surface area contributed by atoms with E-state index in [0.29, 0.717) is 19.0 Å². The van der Waals surface area contributed by atoms with E-state index in [0.717, 1.165) is 57.0 Å². The molecule has 9 heteroatoms. The lowest BCUT2D eigenvalue weighted by molar-refractivity contribution is -0.123. The van der Waals surface area contributed by atoms with Crippen LogP contribution in [0, 0.1) is 17.6 Å². The minimum Gasteiger partial charge on any atom is -0.354 e. The summed E-state index contributed by atoms with van der Waals surface area (Å²) in [4.78, 5) is 26.3. The molecular formula is C19H27ClF2N4O2. The smallest absolute Gasteiger partial charge is 0.238 e. The maximum absolute atomic E-state index is 13.2. The van der Waals surface area contributed by atoms with Crippen molar-refractivity contribution in [2.45, 2.75) is 31.7 Å². The molecule has 1 aromatic carbocycles. The van der Waals surface area contributed by atoms with Crippen molar-refractivity contribution in [3.63, 3.8) is 0 Å². The predicted octanol–water partition coefficient (Wildman–Crippen LogP) is 1.91. The van der Waals surface area contributed by atoms with Crippen LogP contribution in [0.5, 0.6) is 0 Å². The van der Waals surface area contributed by atoms with Crippen molar-refractivity contribution in [3.05, 3.63) is 29.8 Å². The molecule has 1 aromatic rings. The number of anilines is 1. The summed E-state index contributed by atoms with van der Waals surface area (Å²) in [6.45, 7) is 3.15. The highest BCUT2D eigenvalue weighted by molar-refractivity contribution is 5.92. The molecule has 156 valence electrons. The number of carbonyl (C=O) groups is 2.